The Morgan fingerprint density at radius 1 is 1.33 bits per heavy atom. The van der Waals surface area contributed by atoms with Crippen LogP contribution in [0.3, 0.4) is 0 Å². The summed E-state index contributed by atoms with van der Waals surface area (Å²) >= 11 is 4.38. The molecule has 0 saturated carbocycles. The number of aryl methyl sites for hydroxylation is 1. The quantitative estimate of drug-likeness (QED) is 0.491. The Balaban J connectivity index is 1.50. The third kappa shape index (κ3) is 4.15. The molecule has 27 heavy (non-hydrogen) atoms. The lowest BCUT2D eigenvalue weighted by Crippen LogP contribution is -2.27. The summed E-state index contributed by atoms with van der Waals surface area (Å²) in [5.74, 6) is 0.0811. The number of thiophene rings is 1. The lowest BCUT2D eigenvalue weighted by Gasteiger charge is -2.13. The van der Waals surface area contributed by atoms with Crippen LogP contribution in [-0.2, 0) is 24.2 Å². The minimum absolute atomic E-state index is 0.134. The summed E-state index contributed by atoms with van der Waals surface area (Å²) in [6.45, 7) is 2.46. The maximum absolute atomic E-state index is 12.6. The molecule has 0 aromatic carbocycles. The number of hydrogen-bond acceptors (Lipinski definition) is 7. The van der Waals surface area contributed by atoms with Crippen LogP contribution in [0, 0.1) is 6.92 Å². The predicted molar refractivity (Wildman–Crippen MR) is 110 cm³/mol. The van der Waals surface area contributed by atoms with E-state index in [9.17, 15) is 9.59 Å². The van der Waals surface area contributed by atoms with E-state index in [0.717, 1.165) is 41.1 Å². The average Bonchev–Trinajstić information content (AvgIpc) is 3.38. The van der Waals surface area contributed by atoms with Crippen molar-refractivity contribution < 1.29 is 4.79 Å². The van der Waals surface area contributed by atoms with Gasteiger partial charge in [0.15, 0.2) is 5.13 Å². The van der Waals surface area contributed by atoms with E-state index in [1.807, 2.05) is 29.8 Å². The fourth-order valence-corrected chi connectivity index (χ4v) is 5.40. The first-order valence-corrected chi connectivity index (χ1v) is 11.3. The summed E-state index contributed by atoms with van der Waals surface area (Å²) in [5.41, 5.74) is 2.84. The molecular weight excluding hydrogens is 400 g/mol. The lowest BCUT2D eigenvalue weighted by atomic mass is 10.2. The molecule has 1 aliphatic rings. The molecule has 6 nitrogen and oxygen atoms in total. The van der Waals surface area contributed by atoms with Gasteiger partial charge in [0.2, 0.25) is 5.91 Å². The Bertz CT molecular complexity index is 1020. The number of nitrogens with zero attached hydrogens (tertiary/aromatic N) is 3. The normalized spacial score (nSPS) is 12.9. The highest BCUT2D eigenvalue weighted by Gasteiger charge is 2.22. The molecule has 0 unspecified atom stereocenters. The Labute approximate surface area is 168 Å². The summed E-state index contributed by atoms with van der Waals surface area (Å²) in [6.07, 6.45) is 2.81. The third-order valence-electron chi connectivity index (χ3n) is 4.30. The van der Waals surface area contributed by atoms with Crippen LogP contribution in [0.2, 0.25) is 0 Å². The number of rotatable bonds is 6. The highest BCUT2D eigenvalue weighted by atomic mass is 32.2. The molecule has 0 aliphatic heterocycles. The van der Waals surface area contributed by atoms with Crippen LogP contribution in [0.1, 0.15) is 28.2 Å². The van der Waals surface area contributed by atoms with Crippen molar-refractivity contribution in [1.82, 2.24) is 14.5 Å². The van der Waals surface area contributed by atoms with Gasteiger partial charge in [-0.15, -0.1) is 22.7 Å². The number of carbonyl (C=O) groups is 1. The minimum atomic E-state index is -0.234. The molecule has 4 rings (SSSR count). The van der Waals surface area contributed by atoms with Crippen molar-refractivity contribution >= 4 is 45.5 Å². The van der Waals surface area contributed by atoms with Gasteiger partial charge < -0.3 is 5.32 Å². The number of thiazole rings is 1. The van der Waals surface area contributed by atoms with Gasteiger partial charge in [0.25, 0.3) is 0 Å². The van der Waals surface area contributed by atoms with Crippen LogP contribution in [0.25, 0.3) is 0 Å². The summed E-state index contributed by atoms with van der Waals surface area (Å²) in [5, 5.41) is 8.00. The topological polar surface area (TPSA) is 76.9 Å². The van der Waals surface area contributed by atoms with E-state index in [-0.39, 0.29) is 17.3 Å². The minimum Gasteiger partial charge on any atom is -0.301 e. The summed E-state index contributed by atoms with van der Waals surface area (Å²) in [4.78, 5) is 34.5. The van der Waals surface area contributed by atoms with E-state index in [4.69, 9.17) is 0 Å². The van der Waals surface area contributed by atoms with Crippen LogP contribution in [0.15, 0.2) is 32.7 Å². The molecular formula is C18H18N4O2S3. The van der Waals surface area contributed by atoms with Crippen LogP contribution in [0.5, 0.6) is 0 Å². The van der Waals surface area contributed by atoms with Gasteiger partial charge in [-0.25, -0.2) is 9.78 Å². The SMILES string of the molecule is Cc1csc(NC(=O)CSc2nc(=O)n(Cc3cccs3)c3c2CCC3)n1. The van der Waals surface area contributed by atoms with Crippen molar-refractivity contribution in [3.63, 3.8) is 0 Å². The first kappa shape index (κ1) is 18.4. The van der Waals surface area contributed by atoms with Gasteiger partial charge >= 0.3 is 5.69 Å². The highest BCUT2D eigenvalue weighted by Crippen LogP contribution is 2.30. The number of hydrogen-bond donors (Lipinski definition) is 1. The summed E-state index contributed by atoms with van der Waals surface area (Å²) in [6, 6.07) is 4.03. The van der Waals surface area contributed by atoms with E-state index < -0.39 is 0 Å². The van der Waals surface area contributed by atoms with Crippen LogP contribution in [-0.4, -0.2) is 26.2 Å². The predicted octanol–water partition coefficient (Wildman–Crippen LogP) is 3.34. The molecule has 0 spiro atoms. The smallest absolute Gasteiger partial charge is 0.301 e. The highest BCUT2D eigenvalue weighted by molar-refractivity contribution is 8.00. The van der Waals surface area contributed by atoms with E-state index in [0.29, 0.717) is 16.7 Å². The fraction of sp³-hybridized carbons (Fsp3) is 0.333. The van der Waals surface area contributed by atoms with Gasteiger partial charge in [-0.3, -0.25) is 9.36 Å². The van der Waals surface area contributed by atoms with Crippen molar-refractivity contribution in [2.45, 2.75) is 37.8 Å². The number of thioether (sulfide) groups is 1. The number of amides is 1. The molecule has 3 heterocycles. The molecule has 0 bridgehead atoms. The van der Waals surface area contributed by atoms with Crippen molar-refractivity contribution in [3.05, 3.63) is 55.2 Å². The van der Waals surface area contributed by atoms with Crippen LogP contribution < -0.4 is 11.0 Å². The number of fused-ring (bicyclic) bond motifs is 1. The summed E-state index contributed by atoms with van der Waals surface area (Å²) in [7, 11) is 0. The average molecular weight is 419 g/mol. The second kappa shape index (κ2) is 7.95. The van der Waals surface area contributed by atoms with Crippen LogP contribution >= 0.6 is 34.4 Å². The summed E-state index contributed by atoms with van der Waals surface area (Å²) < 4.78 is 1.79. The van der Waals surface area contributed by atoms with Gasteiger partial charge in [0.1, 0.15) is 5.03 Å². The Kier molecular flexibility index (Phi) is 5.42. The Morgan fingerprint density at radius 2 is 2.22 bits per heavy atom. The molecule has 9 heteroatoms. The molecule has 3 aromatic rings. The van der Waals surface area contributed by atoms with E-state index >= 15 is 0 Å². The van der Waals surface area contributed by atoms with Gasteiger partial charge in [-0.1, -0.05) is 17.8 Å². The van der Waals surface area contributed by atoms with E-state index in [2.05, 4.69) is 15.3 Å². The first-order valence-electron chi connectivity index (χ1n) is 8.60. The molecule has 0 atom stereocenters. The zero-order chi connectivity index (χ0) is 18.8. The van der Waals surface area contributed by atoms with Crippen molar-refractivity contribution in [3.8, 4) is 0 Å². The number of nitrogens with one attached hydrogen (secondary N) is 1. The van der Waals surface area contributed by atoms with Crippen LogP contribution in [0.4, 0.5) is 5.13 Å². The maximum atomic E-state index is 12.6. The Morgan fingerprint density at radius 3 is 2.96 bits per heavy atom. The zero-order valence-corrected chi connectivity index (χ0v) is 17.2. The Hall–Kier alpha value is -1.97. The van der Waals surface area contributed by atoms with Crippen molar-refractivity contribution in [2.75, 3.05) is 11.1 Å². The molecule has 1 amide bonds. The second-order valence-electron chi connectivity index (χ2n) is 6.27. The standard InChI is InChI=1S/C18H18N4O2S3/c1-11-9-27-17(19-11)20-15(23)10-26-16-13-5-2-6-14(13)22(18(24)21-16)8-12-4-3-7-25-12/h3-4,7,9H,2,5-6,8,10H2,1H3,(H,19,20,23). The molecule has 1 N–H and O–H groups in total. The molecule has 3 aromatic heterocycles. The molecule has 1 aliphatic carbocycles. The maximum Gasteiger partial charge on any atom is 0.349 e. The lowest BCUT2D eigenvalue weighted by molar-refractivity contribution is -0.113. The zero-order valence-electron chi connectivity index (χ0n) is 14.7. The third-order valence-corrected chi connectivity index (χ3v) is 7.05. The van der Waals surface area contributed by atoms with E-state index in [1.165, 1.54) is 23.1 Å². The number of aromatic nitrogens is 3. The fourth-order valence-electron chi connectivity index (χ4n) is 3.13. The monoisotopic (exact) mass is 418 g/mol. The molecule has 0 radical (unpaired) electrons. The number of anilines is 1. The molecule has 0 fully saturated rings. The van der Waals surface area contributed by atoms with Crippen molar-refractivity contribution in [1.29, 1.82) is 0 Å². The molecule has 140 valence electrons. The van der Waals surface area contributed by atoms with Gasteiger partial charge in [0, 0.05) is 21.5 Å². The van der Waals surface area contributed by atoms with Crippen molar-refractivity contribution in [2.24, 2.45) is 0 Å². The van der Waals surface area contributed by atoms with Gasteiger partial charge in [-0.05, 0) is 37.6 Å². The number of carbonyl (C=O) groups excluding carboxylic acids is 1. The van der Waals surface area contributed by atoms with Gasteiger partial charge in [-0.2, -0.15) is 4.98 Å². The van der Waals surface area contributed by atoms with E-state index in [1.54, 1.807) is 15.9 Å². The molecule has 0 saturated heterocycles. The first-order chi connectivity index (χ1) is 13.1. The van der Waals surface area contributed by atoms with Gasteiger partial charge in [0.05, 0.1) is 18.0 Å². The second-order valence-corrected chi connectivity index (χ2v) is 9.13. The largest absolute Gasteiger partial charge is 0.349 e.